The number of aryl methyl sites for hydroxylation is 1. The Hall–Kier alpha value is -4.41. The molecule has 9 nitrogen and oxygen atoms in total. The van der Waals surface area contributed by atoms with Crippen LogP contribution in [0.3, 0.4) is 0 Å². The lowest BCUT2D eigenvalue weighted by molar-refractivity contribution is 0.0933. The number of nitrogens with one attached hydrogen (secondary N) is 2. The van der Waals surface area contributed by atoms with Crippen LogP contribution in [0, 0.1) is 11.6 Å². The van der Waals surface area contributed by atoms with Gasteiger partial charge >= 0.3 is 0 Å². The Bertz CT molecular complexity index is 1400. The second-order valence-corrected chi connectivity index (χ2v) is 8.11. The van der Waals surface area contributed by atoms with Gasteiger partial charge < -0.3 is 15.2 Å². The summed E-state index contributed by atoms with van der Waals surface area (Å²) >= 11 is 0. The van der Waals surface area contributed by atoms with Crippen molar-refractivity contribution in [2.45, 2.75) is 12.3 Å². The van der Waals surface area contributed by atoms with Crippen LogP contribution in [0.4, 0.5) is 8.78 Å². The van der Waals surface area contributed by atoms with Crippen molar-refractivity contribution in [2.24, 2.45) is 7.05 Å². The van der Waals surface area contributed by atoms with E-state index < -0.39 is 23.0 Å². The number of carbonyl (C=O) groups excluding carboxylic acids is 2. The Balaban J connectivity index is 1.60. The van der Waals surface area contributed by atoms with Gasteiger partial charge in [0.25, 0.3) is 11.8 Å². The van der Waals surface area contributed by atoms with Gasteiger partial charge in [-0.15, -0.1) is 0 Å². The second kappa shape index (κ2) is 9.45. The number of hydrogen-bond acceptors (Lipinski definition) is 6. The molecule has 35 heavy (non-hydrogen) atoms. The van der Waals surface area contributed by atoms with Gasteiger partial charge in [0.1, 0.15) is 17.3 Å². The molecule has 2 N–H and O–H groups in total. The van der Waals surface area contributed by atoms with E-state index in [9.17, 15) is 18.4 Å². The molecule has 3 heterocycles. The quantitative estimate of drug-likeness (QED) is 0.420. The fourth-order valence-electron chi connectivity index (χ4n) is 3.59. The van der Waals surface area contributed by atoms with E-state index >= 15 is 0 Å². The van der Waals surface area contributed by atoms with Gasteiger partial charge in [-0.1, -0.05) is 11.2 Å². The van der Waals surface area contributed by atoms with Crippen LogP contribution in [0.25, 0.3) is 11.3 Å². The summed E-state index contributed by atoms with van der Waals surface area (Å²) in [4.78, 5) is 29.5. The zero-order valence-electron chi connectivity index (χ0n) is 19.2. The molecule has 0 saturated heterocycles. The maximum absolute atomic E-state index is 14.1. The molecular formula is C24H22F2N6O3. The highest BCUT2D eigenvalue weighted by Gasteiger charge is 2.33. The summed E-state index contributed by atoms with van der Waals surface area (Å²) in [6.45, 7) is 1.94. The minimum atomic E-state index is -0.858. The van der Waals surface area contributed by atoms with E-state index in [1.54, 1.807) is 42.3 Å². The molecule has 180 valence electrons. The van der Waals surface area contributed by atoms with Crippen LogP contribution in [-0.4, -0.2) is 45.3 Å². The van der Waals surface area contributed by atoms with Crippen molar-refractivity contribution in [3.05, 3.63) is 89.1 Å². The van der Waals surface area contributed by atoms with Crippen molar-refractivity contribution in [2.75, 3.05) is 13.6 Å². The van der Waals surface area contributed by atoms with Crippen molar-refractivity contribution in [3.8, 4) is 11.3 Å². The minimum absolute atomic E-state index is 0.0115. The van der Waals surface area contributed by atoms with Gasteiger partial charge in [-0.2, -0.15) is 5.10 Å². The number of hydrogen-bond donors (Lipinski definition) is 2. The van der Waals surface area contributed by atoms with Crippen molar-refractivity contribution in [3.63, 3.8) is 0 Å². The van der Waals surface area contributed by atoms with Crippen molar-refractivity contribution in [1.29, 1.82) is 0 Å². The lowest BCUT2D eigenvalue weighted by Gasteiger charge is -2.28. The molecule has 0 aliphatic heterocycles. The van der Waals surface area contributed by atoms with E-state index in [1.807, 2.05) is 6.92 Å². The molecule has 0 spiro atoms. The number of halogens is 2. The van der Waals surface area contributed by atoms with Crippen molar-refractivity contribution < 1.29 is 22.9 Å². The lowest BCUT2D eigenvalue weighted by atomic mass is 9.80. The smallest absolute Gasteiger partial charge is 0.273 e. The zero-order valence-corrected chi connectivity index (χ0v) is 19.2. The molecule has 1 aromatic carbocycles. The molecule has 4 rings (SSSR count). The monoisotopic (exact) mass is 480 g/mol. The first kappa shape index (κ1) is 23.7. The topological polar surface area (TPSA) is 115 Å². The van der Waals surface area contributed by atoms with E-state index in [1.165, 1.54) is 19.2 Å². The molecule has 0 aliphatic rings. The predicted molar refractivity (Wildman–Crippen MR) is 121 cm³/mol. The van der Waals surface area contributed by atoms with E-state index in [2.05, 4.69) is 25.9 Å². The Morgan fingerprint density at radius 2 is 1.91 bits per heavy atom. The highest BCUT2D eigenvalue weighted by Crippen LogP contribution is 2.30. The van der Waals surface area contributed by atoms with E-state index in [-0.39, 0.29) is 35.2 Å². The van der Waals surface area contributed by atoms with Crippen LogP contribution in [-0.2, 0) is 12.5 Å². The summed E-state index contributed by atoms with van der Waals surface area (Å²) in [6.07, 6.45) is 3.46. The van der Waals surface area contributed by atoms with Gasteiger partial charge in [-0.05, 0) is 31.2 Å². The number of carbonyl (C=O) groups is 2. The molecule has 11 heteroatoms. The first-order chi connectivity index (χ1) is 16.7. The lowest BCUT2D eigenvalue weighted by Crippen LogP contribution is -2.40. The molecule has 0 radical (unpaired) electrons. The van der Waals surface area contributed by atoms with Gasteiger partial charge in [0.05, 0.1) is 22.9 Å². The fraction of sp³-hybridized carbons (Fsp3) is 0.208. The van der Waals surface area contributed by atoms with E-state index in [4.69, 9.17) is 4.52 Å². The summed E-state index contributed by atoms with van der Waals surface area (Å²) in [7, 11) is 3.28. The predicted octanol–water partition coefficient (Wildman–Crippen LogP) is 2.84. The summed E-state index contributed by atoms with van der Waals surface area (Å²) in [5.41, 5.74) is 0.577. The Kier molecular flexibility index (Phi) is 6.41. The largest absolute Gasteiger partial charge is 0.355 e. The average Bonchev–Trinajstić information content (AvgIpc) is 3.52. The summed E-state index contributed by atoms with van der Waals surface area (Å²) in [6, 6.07) is 9.35. The normalized spacial score (nSPS) is 12.7. The number of rotatable bonds is 7. The second-order valence-electron chi connectivity index (χ2n) is 8.11. The third-order valence-electron chi connectivity index (χ3n) is 5.66. The van der Waals surface area contributed by atoms with Gasteiger partial charge in [0, 0.05) is 44.5 Å². The van der Waals surface area contributed by atoms with Gasteiger partial charge in [-0.3, -0.25) is 14.3 Å². The van der Waals surface area contributed by atoms with Crippen LogP contribution in [0.1, 0.15) is 39.2 Å². The van der Waals surface area contributed by atoms with Gasteiger partial charge in [0.2, 0.25) is 0 Å². The van der Waals surface area contributed by atoms with Crippen molar-refractivity contribution >= 4 is 11.8 Å². The molecule has 4 aromatic rings. The Labute approximate surface area is 199 Å². The molecule has 0 bridgehead atoms. The molecule has 1 unspecified atom stereocenters. The van der Waals surface area contributed by atoms with Crippen LogP contribution >= 0.6 is 0 Å². The third kappa shape index (κ3) is 4.79. The van der Waals surface area contributed by atoms with E-state index in [0.29, 0.717) is 5.69 Å². The maximum atomic E-state index is 14.1. The number of pyridine rings is 1. The summed E-state index contributed by atoms with van der Waals surface area (Å²) in [5, 5.41) is 13.3. The highest BCUT2D eigenvalue weighted by molar-refractivity contribution is 5.93. The SMILES string of the molecule is CNC(=O)c1cccc(C(C)(CNC(=O)c2cc(-c3ccc(F)cc3F)on2)c2cnn(C)c2)n1. The highest BCUT2D eigenvalue weighted by atomic mass is 19.1. The minimum Gasteiger partial charge on any atom is -0.355 e. The zero-order chi connectivity index (χ0) is 25.2. The molecule has 2 amide bonds. The Morgan fingerprint density at radius 1 is 1.11 bits per heavy atom. The van der Waals surface area contributed by atoms with Gasteiger partial charge in [-0.25, -0.2) is 13.8 Å². The molecule has 0 aliphatic carbocycles. The molecule has 0 fully saturated rings. The Morgan fingerprint density at radius 3 is 2.60 bits per heavy atom. The number of nitrogens with zero attached hydrogens (tertiary/aromatic N) is 4. The van der Waals surface area contributed by atoms with Crippen molar-refractivity contribution in [1.82, 2.24) is 30.6 Å². The summed E-state index contributed by atoms with van der Waals surface area (Å²) < 4.78 is 34.0. The molecular weight excluding hydrogens is 458 g/mol. The van der Waals surface area contributed by atoms with Crippen LogP contribution in [0.2, 0.25) is 0 Å². The molecule has 0 saturated carbocycles. The third-order valence-corrected chi connectivity index (χ3v) is 5.66. The van der Waals surface area contributed by atoms with Crippen LogP contribution in [0.15, 0.2) is 59.4 Å². The number of benzene rings is 1. The first-order valence-electron chi connectivity index (χ1n) is 10.6. The van der Waals surface area contributed by atoms with Crippen LogP contribution in [0.5, 0.6) is 0 Å². The number of aromatic nitrogens is 4. The fourth-order valence-corrected chi connectivity index (χ4v) is 3.59. The standard InChI is InChI=1S/C24H22F2N6O3/c1-24(14-11-29-32(3)12-14,21-6-4-5-18(30-21)22(33)27-2)13-28-23(34)19-10-20(35-31-19)16-8-7-15(25)9-17(16)26/h4-12H,13H2,1-3H3,(H,27,33)(H,28,34). The maximum Gasteiger partial charge on any atom is 0.273 e. The number of amides is 2. The summed E-state index contributed by atoms with van der Waals surface area (Å²) in [5.74, 6) is -2.48. The molecule has 3 aromatic heterocycles. The first-order valence-corrected chi connectivity index (χ1v) is 10.6. The molecule has 1 atom stereocenters. The van der Waals surface area contributed by atoms with Crippen LogP contribution < -0.4 is 10.6 Å². The van der Waals surface area contributed by atoms with Gasteiger partial charge in [0.15, 0.2) is 11.5 Å². The average molecular weight is 480 g/mol. The van der Waals surface area contributed by atoms with E-state index in [0.717, 1.165) is 17.7 Å².